The lowest BCUT2D eigenvalue weighted by Crippen LogP contribution is -2.18. The number of ether oxygens (including phenoxy) is 1. The van der Waals surface area contributed by atoms with Crippen molar-refractivity contribution in [1.82, 2.24) is 19.3 Å². The zero-order valence-corrected chi connectivity index (χ0v) is 32.5. The van der Waals surface area contributed by atoms with E-state index in [2.05, 4.69) is 144 Å². The van der Waals surface area contributed by atoms with Gasteiger partial charge in [0.05, 0.1) is 22.4 Å². The number of para-hydroxylation sites is 1. The molecule has 52 heavy (non-hydrogen) atoms. The number of aromatic nitrogens is 4. The van der Waals surface area contributed by atoms with Crippen LogP contribution in [0.5, 0.6) is 11.5 Å². The Morgan fingerprint density at radius 1 is 0.846 bits per heavy atom. The van der Waals surface area contributed by atoms with Crippen molar-refractivity contribution in [2.75, 3.05) is 0 Å². The van der Waals surface area contributed by atoms with Gasteiger partial charge in [-0.15, -0.1) is 0 Å². The molecule has 5 nitrogen and oxygen atoms in total. The maximum atomic E-state index is 6.85. The Balaban J connectivity index is 1.34. The van der Waals surface area contributed by atoms with Crippen LogP contribution in [0.2, 0.25) is 0 Å². The molecule has 6 aromatic rings. The fourth-order valence-corrected chi connectivity index (χ4v) is 8.51. The van der Waals surface area contributed by atoms with Gasteiger partial charge in [0.15, 0.2) is 0 Å². The molecule has 1 aliphatic rings. The lowest BCUT2D eigenvalue weighted by Gasteiger charge is -2.30. The van der Waals surface area contributed by atoms with Crippen molar-refractivity contribution in [3.8, 4) is 23.0 Å². The molecule has 3 heterocycles. The molecule has 2 atom stereocenters. The van der Waals surface area contributed by atoms with Crippen molar-refractivity contribution in [3.63, 3.8) is 0 Å². The first kappa shape index (κ1) is 35.7. The van der Waals surface area contributed by atoms with Gasteiger partial charge in [-0.2, -0.15) is 5.10 Å². The second-order valence-corrected chi connectivity index (χ2v) is 15.9. The van der Waals surface area contributed by atoms with Gasteiger partial charge in [-0.25, -0.2) is 9.67 Å². The van der Waals surface area contributed by atoms with Gasteiger partial charge in [0.1, 0.15) is 17.3 Å². The van der Waals surface area contributed by atoms with Crippen LogP contribution in [0.3, 0.4) is 0 Å². The van der Waals surface area contributed by atoms with Crippen molar-refractivity contribution < 1.29 is 4.74 Å². The average molecular weight is 693 g/mol. The summed E-state index contributed by atoms with van der Waals surface area (Å²) < 4.78 is 11.4. The third kappa shape index (κ3) is 6.95. The number of hydrogen-bond acceptors (Lipinski definition) is 3. The van der Waals surface area contributed by atoms with Crippen LogP contribution in [-0.2, 0) is 19.3 Å². The first-order valence-corrected chi connectivity index (χ1v) is 19.8. The Bertz CT molecular complexity index is 2230. The van der Waals surface area contributed by atoms with Crippen LogP contribution in [0.1, 0.15) is 121 Å². The highest BCUT2D eigenvalue weighted by Crippen LogP contribution is 2.43. The van der Waals surface area contributed by atoms with Crippen LogP contribution in [-0.4, -0.2) is 19.3 Å². The molecule has 7 rings (SSSR count). The quantitative estimate of drug-likeness (QED) is 0.120. The molecule has 5 heteroatoms. The molecule has 0 amide bonds. The predicted octanol–water partition coefficient (Wildman–Crippen LogP) is 12.8. The van der Waals surface area contributed by atoms with Crippen molar-refractivity contribution in [3.05, 3.63) is 119 Å². The van der Waals surface area contributed by atoms with E-state index in [1.807, 2.05) is 6.20 Å². The molecule has 0 bridgehead atoms. The molecule has 0 fully saturated rings. The van der Waals surface area contributed by atoms with E-state index in [4.69, 9.17) is 14.8 Å². The maximum absolute atomic E-state index is 6.85. The van der Waals surface area contributed by atoms with Crippen molar-refractivity contribution in [1.29, 1.82) is 0 Å². The summed E-state index contributed by atoms with van der Waals surface area (Å²) >= 11 is 0. The van der Waals surface area contributed by atoms with Crippen LogP contribution in [0.4, 0.5) is 0 Å². The number of fused-ring (bicyclic) bond motifs is 3. The minimum Gasteiger partial charge on any atom is -0.457 e. The van der Waals surface area contributed by atoms with Crippen LogP contribution in [0.15, 0.2) is 90.6 Å². The van der Waals surface area contributed by atoms with Crippen molar-refractivity contribution >= 4 is 21.8 Å². The predicted molar refractivity (Wildman–Crippen MR) is 218 cm³/mol. The zero-order valence-electron chi connectivity index (χ0n) is 32.5. The highest BCUT2D eigenvalue weighted by Gasteiger charge is 2.31. The molecule has 1 aliphatic carbocycles. The zero-order chi connectivity index (χ0) is 36.5. The molecule has 0 aliphatic heterocycles. The van der Waals surface area contributed by atoms with E-state index >= 15 is 0 Å². The minimum atomic E-state index is 0.333. The Hall–Kier alpha value is -4.64. The molecule has 0 saturated carbocycles. The Morgan fingerprint density at radius 3 is 2.38 bits per heavy atom. The molecule has 0 N–H and O–H groups in total. The first-order valence-electron chi connectivity index (χ1n) is 19.8. The summed E-state index contributed by atoms with van der Waals surface area (Å²) in [6, 6.07) is 26.2. The topological polar surface area (TPSA) is 44.9 Å². The smallest absolute Gasteiger partial charge is 0.137 e. The van der Waals surface area contributed by atoms with Gasteiger partial charge in [0.2, 0.25) is 0 Å². The van der Waals surface area contributed by atoms with Gasteiger partial charge in [0.25, 0.3) is 0 Å². The largest absolute Gasteiger partial charge is 0.457 e. The summed E-state index contributed by atoms with van der Waals surface area (Å²) in [6.45, 7) is 18.4. The SMILES string of the molecule is CCCc1nn(-c2cc(Oc3ccc4c5ccccc5n(-c5cc(CC(C)C)ccn5)c4c3)cc(C(C)C)c2)c(CCC)c1C1C(C)=CCC[C@@H]1C. The van der Waals surface area contributed by atoms with Crippen LogP contribution in [0.25, 0.3) is 33.3 Å². The number of hydrogen-bond donors (Lipinski definition) is 0. The summed E-state index contributed by atoms with van der Waals surface area (Å²) in [6.07, 6.45) is 12.0. The Kier molecular flexibility index (Phi) is 10.4. The number of aryl methyl sites for hydroxylation is 1. The lowest BCUT2D eigenvalue weighted by atomic mass is 9.74. The highest BCUT2D eigenvalue weighted by atomic mass is 16.5. The first-order chi connectivity index (χ1) is 25.2. The molecule has 270 valence electrons. The van der Waals surface area contributed by atoms with Gasteiger partial charge >= 0.3 is 0 Å². The van der Waals surface area contributed by atoms with Crippen molar-refractivity contribution in [2.24, 2.45) is 11.8 Å². The van der Waals surface area contributed by atoms with E-state index in [-0.39, 0.29) is 0 Å². The molecular formula is C47H56N4O. The minimum absolute atomic E-state index is 0.333. The van der Waals surface area contributed by atoms with Gasteiger partial charge in [-0.05, 0) is 110 Å². The number of pyridine rings is 1. The van der Waals surface area contributed by atoms with Crippen molar-refractivity contribution in [2.45, 2.75) is 112 Å². The summed E-state index contributed by atoms with van der Waals surface area (Å²) in [5.74, 6) is 4.51. The molecule has 1 unspecified atom stereocenters. The Labute approximate surface area is 310 Å². The molecule has 0 radical (unpaired) electrons. The molecular weight excluding hydrogens is 637 g/mol. The van der Waals surface area contributed by atoms with Crippen LogP contribution >= 0.6 is 0 Å². The van der Waals surface area contributed by atoms with E-state index in [1.165, 1.54) is 57.3 Å². The highest BCUT2D eigenvalue weighted by molar-refractivity contribution is 6.09. The van der Waals surface area contributed by atoms with E-state index in [9.17, 15) is 0 Å². The second kappa shape index (κ2) is 15.1. The second-order valence-electron chi connectivity index (χ2n) is 15.9. The summed E-state index contributed by atoms with van der Waals surface area (Å²) in [5, 5.41) is 7.84. The normalized spacial score (nSPS) is 16.4. The fourth-order valence-electron chi connectivity index (χ4n) is 8.51. The maximum Gasteiger partial charge on any atom is 0.137 e. The molecule has 3 aromatic heterocycles. The molecule has 0 saturated heterocycles. The van der Waals surface area contributed by atoms with Gasteiger partial charge in [0, 0.05) is 46.3 Å². The van der Waals surface area contributed by atoms with Crippen LogP contribution in [0, 0.1) is 11.8 Å². The third-order valence-electron chi connectivity index (χ3n) is 10.9. The van der Waals surface area contributed by atoms with Gasteiger partial charge < -0.3 is 4.74 Å². The number of nitrogens with zero attached hydrogens (tertiary/aromatic N) is 4. The summed E-state index contributed by atoms with van der Waals surface area (Å²) in [7, 11) is 0. The van der Waals surface area contributed by atoms with Gasteiger partial charge in [-0.3, -0.25) is 4.57 Å². The van der Waals surface area contributed by atoms with Gasteiger partial charge in [-0.1, -0.05) is 91.2 Å². The molecule has 3 aromatic carbocycles. The third-order valence-corrected chi connectivity index (χ3v) is 10.9. The fraction of sp³-hybridized carbons (Fsp3) is 0.404. The van der Waals surface area contributed by atoms with E-state index in [0.717, 1.165) is 66.1 Å². The van der Waals surface area contributed by atoms with E-state index in [0.29, 0.717) is 23.7 Å². The monoisotopic (exact) mass is 692 g/mol. The Morgan fingerprint density at radius 2 is 1.63 bits per heavy atom. The number of allylic oxidation sites excluding steroid dienone is 2. The van der Waals surface area contributed by atoms with E-state index < -0.39 is 0 Å². The van der Waals surface area contributed by atoms with Crippen LogP contribution < -0.4 is 4.74 Å². The standard InChI is InChI=1S/C47H56N4O/c1-9-14-41-47(46-32(7)16-13-17-33(46)8)43(15-10-2)51(49-41)36-26-35(31(5)6)27-38(28-36)52-37-20-21-40-39-18-11-12-19-42(39)50(44(40)29-37)45-25-34(22-23-48-45)24-30(3)4/h11-12,16,18-23,25-31,33,46H,9-10,13-15,17,24H2,1-8H3/t33-,46?/m0/s1. The number of rotatable bonds is 12. The molecule has 0 spiro atoms. The average Bonchev–Trinajstić information content (AvgIpc) is 3.63. The number of benzene rings is 3. The van der Waals surface area contributed by atoms with E-state index in [1.54, 1.807) is 0 Å². The lowest BCUT2D eigenvalue weighted by molar-refractivity contribution is 0.445. The summed E-state index contributed by atoms with van der Waals surface area (Å²) in [5.41, 5.74) is 11.5. The summed E-state index contributed by atoms with van der Waals surface area (Å²) in [4.78, 5) is 4.88.